The zero-order chi connectivity index (χ0) is 10.8. The number of hydrogen-bond donors (Lipinski definition) is 2. The highest BCUT2D eigenvalue weighted by atomic mass is 16.5. The van der Waals surface area contributed by atoms with E-state index in [2.05, 4.69) is 17.0 Å². The number of nitrogens with two attached hydrogens (primary N) is 1. The van der Waals surface area contributed by atoms with Gasteiger partial charge in [-0.25, -0.2) is 0 Å². The topological polar surface area (TPSA) is 71.1 Å². The predicted octanol–water partition coefficient (Wildman–Crippen LogP) is 0.481. The quantitative estimate of drug-likeness (QED) is 0.198. The number of hydrogen-bond acceptors (Lipinski definition) is 4. The molecule has 0 rings (SSSR count). The van der Waals surface area contributed by atoms with E-state index < -0.39 is 0 Å². The Labute approximate surface area is 85.5 Å². The highest BCUT2D eigenvalue weighted by Gasteiger charge is 2.03. The summed E-state index contributed by atoms with van der Waals surface area (Å²) in [6, 6.07) is 0. The molecule has 0 saturated heterocycles. The second kappa shape index (κ2) is 8.77. The van der Waals surface area contributed by atoms with E-state index in [-0.39, 0.29) is 5.84 Å². The van der Waals surface area contributed by atoms with Crippen molar-refractivity contribution in [1.82, 2.24) is 4.90 Å². The molecule has 3 N–H and O–H groups in total. The zero-order valence-electron chi connectivity index (χ0n) is 9.07. The molecule has 0 atom stereocenters. The molecule has 0 aromatic heterocycles. The third-order valence-corrected chi connectivity index (χ3v) is 2.02. The minimum atomic E-state index is 0.278. The van der Waals surface area contributed by atoms with Crippen molar-refractivity contribution < 1.29 is 9.94 Å². The van der Waals surface area contributed by atoms with E-state index in [0.29, 0.717) is 6.42 Å². The molecular formula is C9H21N3O2. The van der Waals surface area contributed by atoms with E-state index in [1.165, 1.54) is 0 Å². The van der Waals surface area contributed by atoms with Gasteiger partial charge in [-0.15, -0.1) is 0 Å². The van der Waals surface area contributed by atoms with E-state index in [0.717, 1.165) is 32.8 Å². The highest BCUT2D eigenvalue weighted by molar-refractivity contribution is 5.79. The lowest BCUT2D eigenvalue weighted by Crippen LogP contribution is -2.31. The van der Waals surface area contributed by atoms with Crippen LogP contribution in [-0.4, -0.2) is 48.8 Å². The lowest BCUT2D eigenvalue weighted by Gasteiger charge is -2.19. The number of amidine groups is 1. The van der Waals surface area contributed by atoms with Gasteiger partial charge in [-0.05, 0) is 13.5 Å². The van der Waals surface area contributed by atoms with Gasteiger partial charge >= 0.3 is 0 Å². The van der Waals surface area contributed by atoms with Gasteiger partial charge in [0, 0.05) is 26.1 Å². The maximum absolute atomic E-state index is 8.35. The third kappa shape index (κ3) is 6.68. The first-order chi connectivity index (χ1) is 6.74. The molecular weight excluding hydrogens is 182 g/mol. The Balaban J connectivity index is 3.57. The summed E-state index contributed by atoms with van der Waals surface area (Å²) in [5.41, 5.74) is 5.37. The molecule has 0 saturated carbocycles. The molecule has 14 heavy (non-hydrogen) atoms. The SMILES string of the molecule is CCOCCN(CC)CCC(N)=NO. The van der Waals surface area contributed by atoms with Crippen LogP contribution in [0.15, 0.2) is 5.16 Å². The largest absolute Gasteiger partial charge is 0.409 e. The normalized spacial score (nSPS) is 12.4. The van der Waals surface area contributed by atoms with Gasteiger partial charge in [-0.1, -0.05) is 12.1 Å². The minimum Gasteiger partial charge on any atom is -0.409 e. The van der Waals surface area contributed by atoms with Crippen molar-refractivity contribution in [2.45, 2.75) is 20.3 Å². The second-order valence-corrected chi connectivity index (χ2v) is 2.97. The summed E-state index contributed by atoms with van der Waals surface area (Å²) < 4.78 is 5.25. The molecule has 0 spiro atoms. The summed E-state index contributed by atoms with van der Waals surface area (Å²) >= 11 is 0. The van der Waals surface area contributed by atoms with Crippen molar-refractivity contribution in [3.8, 4) is 0 Å². The van der Waals surface area contributed by atoms with Gasteiger partial charge in [-0.2, -0.15) is 0 Å². The Morgan fingerprint density at radius 1 is 1.43 bits per heavy atom. The minimum absolute atomic E-state index is 0.278. The summed E-state index contributed by atoms with van der Waals surface area (Å²) in [5.74, 6) is 0.278. The number of likely N-dealkylation sites (N-methyl/N-ethyl adjacent to an activating group) is 1. The summed E-state index contributed by atoms with van der Waals surface area (Å²) in [5, 5.41) is 11.3. The molecule has 0 fully saturated rings. The van der Waals surface area contributed by atoms with Gasteiger partial charge in [0.05, 0.1) is 6.61 Å². The Hall–Kier alpha value is -0.810. The van der Waals surface area contributed by atoms with Crippen molar-refractivity contribution in [2.24, 2.45) is 10.9 Å². The highest BCUT2D eigenvalue weighted by Crippen LogP contribution is 1.91. The van der Waals surface area contributed by atoms with Crippen molar-refractivity contribution in [1.29, 1.82) is 0 Å². The van der Waals surface area contributed by atoms with E-state index >= 15 is 0 Å². The van der Waals surface area contributed by atoms with E-state index in [1.54, 1.807) is 0 Å². The maximum atomic E-state index is 8.35. The van der Waals surface area contributed by atoms with Crippen LogP contribution < -0.4 is 5.73 Å². The molecule has 5 nitrogen and oxygen atoms in total. The molecule has 5 heteroatoms. The van der Waals surface area contributed by atoms with Crippen LogP contribution in [-0.2, 0) is 4.74 Å². The number of oxime groups is 1. The molecule has 0 heterocycles. The molecule has 0 aliphatic carbocycles. The van der Waals surface area contributed by atoms with Crippen molar-refractivity contribution in [3.05, 3.63) is 0 Å². The Bertz CT molecular complexity index is 162. The predicted molar refractivity (Wildman–Crippen MR) is 56.6 cm³/mol. The molecule has 0 aliphatic heterocycles. The van der Waals surface area contributed by atoms with Crippen LogP contribution in [0.25, 0.3) is 0 Å². The lowest BCUT2D eigenvalue weighted by atomic mass is 10.3. The second-order valence-electron chi connectivity index (χ2n) is 2.97. The monoisotopic (exact) mass is 203 g/mol. The Kier molecular flexibility index (Phi) is 8.27. The van der Waals surface area contributed by atoms with Crippen LogP contribution in [0, 0.1) is 0 Å². The first-order valence-electron chi connectivity index (χ1n) is 5.01. The van der Waals surface area contributed by atoms with Gasteiger partial charge in [0.15, 0.2) is 0 Å². The molecule has 84 valence electrons. The smallest absolute Gasteiger partial charge is 0.140 e. The average molecular weight is 203 g/mol. The maximum Gasteiger partial charge on any atom is 0.140 e. The zero-order valence-corrected chi connectivity index (χ0v) is 9.07. The van der Waals surface area contributed by atoms with Crippen molar-refractivity contribution in [3.63, 3.8) is 0 Å². The number of nitrogens with zero attached hydrogens (tertiary/aromatic N) is 2. The summed E-state index contributed by atoms with van der Waals surface area (Å²) in [7, 11) is 0. The third-order valence-electron chi connectivity index (χ3n) is 2.02. The molecule has 0 aromatic carbocycles. The molecule has 0 bridgehead atoms. The fourth-order valence-corrected chi connectivity index (χ4v) is 1.09. The van der Waals surface area contributed by atoms with Crippen LogP contribution in [0.3, 0.4) is 0 Å². The van der Waals surface area contributed by atoms with Gasteiger partial charge in [0.2, 0.25) is 0 Å². The first kappa shape index (κ1) is 13.2. The van der Waals surface area contributed by atoms with Crippen LogP contribution in [0.2, 0.25) is 0 Å². The Morgan fingerprint density at radius 3 is 2.64 bits per heavy atom. The van der Waals surface area contributed by atoms with Crippen LogP contribution in [0.1, 0.15) is 20.3 Å². The van der Waals surface area contributed by atoms with Gasteiger partial charge in [0.1, 0.15) is 5.84 Å². The van der Waals surface area contributed by atoms with Crippen molar-refractivity contribution >= 4 is 5.84 Å². The van der Waals surface area contributed by atoms with E-state index in [4.69, 9.17) is 15.7 Å². The number of ether oxygens (including phenoxy) is 1. The Morgan fingerprint density at radius 2 is 2.14 bits per heavy atom. The van der Waals surface area contributed by atoms with Crippen LogP contribution in [0.4, 0.5) is 0 Å². The summed E-state index contributed by atoms with van der Waals surface area (Å²) in [6.07, 6.45) is 0.594. The number of rotatable bonds is 8. The molecule has 0 amide bonds. The van der Waals surface area contributed by atoms with Crippen LogP contribution >= 0.6 is 0 Å². The molecule has 0 aliphatic rings. The van der Waals surface area contributed by atoms with E-state index in [9.17, 15) is 0 Å². The van der Waals surface area contributed by atoms with Gasteiger partial charge in [-0.3, -0.25) is 0 Å². The van der Waals surface area contributed by atoms with Gasteiger partial charge < -0.3 is 20.6 Å². The molecule has 0 radical (unpaired) electrons. The lowest BCUT2D eigenvalue weighted by molar-refractivity contribution is 0.116. The molecule has 0 unspecified atom stereocenters. The first-order valence-corrected chi connectivity index (χ1v) is 5.01. The fourth-order valence-electron chi connectivity index (χ4n) is 1.09. The average Bonchev–Trinajstić information content (AvgIpc) is 2.22. The summed E-state index contributed by atoms with van der Waals surface area (Å²) in [6.45, 7) is 8.19. The van der Waals surface area contributed by atoms with Crippen molar-refractivity contribution in [2.75, 3.05) is 32.8 Å². The fraction of sp³-hybridized carbons (Fsp3) is 0.889. The summed E-state index contributed by atoms with van der Waals surface area (Å²) in [4.78, 5) is 2.20. The standard InChI is InChI=1S/C9H21N3O2/c1-3-12(7-8-14-4-2)6-5-9(10)11-13/h13H,3-8H2,1-2H3,(H2,10,11). The molecule has 0 aromatic rings. The van der Waals surface area contributed by atoms with Gasteiger partial charge in [0.25, 0.3) is 0 Å². The van der Waals surface area contributed by atoms with Crippen LogP contribution in [0.5, 0.6) is 0 Å². The van der Waals surface area contributed by atoms with E-state index in [1.807, 2.05) is 6.92 Å².